The summed E-state index contributed by atoms with van der Waals surface area (Å²) < 4.78 is 0. The van der Waals surface area contributed by atoms with E-state index in [1.165, 1.54) is 0 Å². The lowest BCUT2D eigenvalue weighted by Gasteiger charge is -2.35. The highest BCUT2D eigenvalue weighted by Crippen LogP contribution is 2.51. The van der Waals surface area contributed by atoms with Crippen LogP contribution in [0.1, 0.15) is 31.4 Å². The molecule has 39 heavy (non-hydrogen) atoms. The number of nitrogens with zero attached hydrogens (tertiary/aromatic N) is 5. The van der Waals surface area contributed by atoms with Crippen LogP contribution in [-0.4, -0.2) is 17.1 Å². The van der Waals surface area contributed by atoms with E-state index in [1.807, 2.05) is 43.4 Å². The molecule has 0 radical (unpaired) electrons. The van der Waals surface area contributed by atoms with Gasteiger partial charge in [0.15, 0.2) is 0 Å². The van der Waals surface area contributed by atoms with Crippen LogP contribution >= 0.6 is 0 Å². The molecule has 0 bridgehead atoms. The molecule has 0 spiro atoms. The number of hydrogen-bond donors (Lipinski definition) is 0. The molecule has 5 nitrogen and oxygen atoms in total. The molecule has 3 unspecified atom stereocenters. The summed E-state index contributed by atoms with van der Waals surface area (Å²) in [5.41, 5.74) is 5.42. The van der Waals surface area contributed by atoms with Crippen LogP contribution < -0.4 is 9.80 Å². The van der Waals surface area contributed by atoms with Crippen molar-refractivity contribution in [3.63, 3.8) is 0 Å². The Bertz CT molecular complexity index is 1640. The second-order valence-electron chi connectivity index (χ2n) is 10.4. The molecule has 190 valence electrons. The zero-order valence-corrected chi connectivity index (χ0v) is 22.1. The van der Waals surface area contributed by atoms with E-state index in [2.05, 4.69) is 96.2 Å². The maximum absolute atomic E-state index is 9.65. The zero-order valence-electron chi connectivity index (χ0n) is 22.1. The largest absolute Gasteiger partial charge is 0.322 e. The van der Waals surface area contributed by atoms with Crippen molar-refractivity contribution in [2.75, 3.05) is 9.80 Å². The van der Waals surface area contributed by atoms with Crippen molar-refractivity contribution < 1.29 is 0 Å². The fraction of sp³-hybridized carbons (Fsp3) is 0.206. The minimum Gasteiger partial charge on any atom is -0.322 e. The van der Waals surface area contributed by atoms with Gasteiger partial charge in [0.2, 0.25) is 0 Å². The van der Waals surface area contributed by atoms with Crippen LogP contribution in [0.3, 0.4) is 0 Å². The predicted octanol–water partition coefficient (Wildman–Crippen LogP) is 7.09. The van der Waals surface area contributed by atoms with Gasteiger partial charge in [0, 0.05) is 34.3 Å². The Labute approximate surface area is 230 Å². The van der Waals surface area contributed by atoms with Gasteiger partial charge in [0.1, 0.15) is 11.6 Å². The molecular formula is C34H29N5. The molecule has 0 saturated carbocycles. The lowest BCUT2D eigenvalue weighted by Crippen LogP contribution is -2.39. The van der Waals surface area contributed by atoms with Crippen LogP contribution in [0.5, 0.6) is 0 Å². The fourth-order valence-corrected chi connectivity index (χ4v) is 6.51. The summed E-state index contributed by atoms with van der Waals surface area (Å²) in [4.78, 5) is 9.88. The minimum absolute atomic E-state index is 0.0374. The van der Waals surface area contributed by atoms with Crippen LogP contribution in [-0.2, 0) is 5.41 Å². The average Bonchev–Trinajstić information content (AvgIpc) is 3.29. The van der Waals surface area contributed by atoms with Gasteiger partial charge in [-0.05, 0) is 73.9 Å². The fourth-order valence-electron chi connectivity index (χ4n) is 6.51. The Hall–Kier alpha value is -4.87. The standard InChI is InChI=1S/C34H29N5/c1-4-10-28-25(5-2)26-19-23(21-35)11-8-12-29(26)38(28)32-14-9-15-33(37-32)39-30-17-16-24(22-36)20-27(30)34(3)18-7-6-13-31(34)39/h4-11,13-20,26,29,31H,2,12H2,1,3H3/b10-4-/t26-,29?,31?,34?/m1/s1. The number of hydrogen-bond acceptors (Lipinski definition) is 5. The van der Waals surface area contributed by atoms with Gasteiger partial charge in [-0.25, -0.2) is 4.98 Å². The van der Waals surface area contributed by atoms with E-state index < -0.39 is 0 Å². The Morgan fingerprint density at radius 3 is 2.67 bits per heavy atom. The third-order valence-corrected chi connectivity index (χ3v) is 8.29. The smallest absolute Gasteiger partial charge is 0.136 e. The first kappa shape index (κ1) is 24.5. The molecule has 1 aromatic heterocycles. The van der Waals surface area contributed by atoms with Gasteiger partial charge in [-0.1, -0.05) is 61.3 Å². The van der Waals surface area contributed by atoms with Crippen LogP contribution in [0, 0.1) is 28.6 Å². The summed E-state index contributed by atoms with van der Waals surface area (Å²) >= 11 is 0. The molecule has 2 aliphatic carbocycles. The molecule has 0 saturated heterocycles. The second kappa shape index (κ2) is 9.46. The average molecular weight is 508 g/mol. The quantitative estimate of drug-likeness (QED) is 0.442. The molecule has 4 aliphatic rings. The van der Waals surface area contributed by atoms with Gasteiger partial charge in [-0.15, -0.1) is 0 Å². The molecule has 0 amide bonds. The van der Waals surface area contributed by atoms with E-state index >= 15 is 0 Å². The van der Waals surface area contributed by atoms with E-state index in [1.54, 1.807) is 0 Å². The third-order valence-electron chi connectivity index (χ3n) is 8.29. The molecule has 2 aliphatic heterocycles. The molecule has 5 heteroatoms. The second-order valence-corrected chi connectivity index (χ2v) is 10.4. The van der Waals surface area contributed by atoms with Crippen LogP contribution in [0.4, 0.5) is 17.3 Å². The Morgan fingerprint density at radius 1 is 1.10 bits per heavy atom. The first-order valence-electron chi connectivity index (χ1n) is 13.3. The van der Waals surface area contributed by atoms with Crippen molar-refractivity contribution in [2.45, 2.75) is 37.8 Å². The molecule has 2 aromatic rings. The zero-order chi connectivity index (χ0) is 27.1. The van der Waals surface area contributed by atoms with Crippen molar-refractivity contribution in [3.05, 3.63) is 132 Å². The van der Waals surface area contributed by atoms with Crippen molar-refractivity contribution in [3.8, 4) is 12.1 Å². The lowest BCUT2D eigenvalue weighted by atomic mass is 9.76. The molecule has 6 rings (SSSR count). The number of anilines is 3. The highest BCUT2D eigenvalue weighted by atomic mass is 15.3. The van der Waals surface area contributed by atoms with E-state index in [4.69, 9.17) is 4.98 Å². The number of fused-ring (bicyclic) bond motifs is 4. The Morgan fingerprint density at radius 2 is 1.92 bits per heavy atom. The molecule has 3 heterocycles. The first-order chi connectivity index (χ1) is 19.0. The van der Waals surface area contributed by atoms with E-state index in [0.717, 1.165) is 40.6 Å². The number of aromatic nitrogens is 1. The first-order valence-corrected chi connectivity index (χ1v) is 13.3. The highest BCUT2D eigenvalue weighted by molar-refractivity contribution is 5.77. The van der Waals surface area contributed by atoms with Crippen LogP contribution in [0.15, 0.2) is 121 Å². The monoisotopic (exact) mass is 507 g/mol. The summed E-state index contributed by atoms with van der Waals surface area (Å²) in [6, 6.07) is 16.9. The maximum atomic E-state index is 9.65. The van der Waals surface area contributed by atoms with Gasteiger partial charge in [-0.2, -0.15) is 10.5 Å². The van der Waals surface area contributed by atoms with E-state index in [-0.39, 0.29) is 23.4 Å². The van der Waals surface area contributed by atoms with Crippen molar-refractivity contribution >= 4 is 17.3 Å². The van der Waals surface area contributed by atoms with E-state index in [0.29, 0.717) is 11.1 Å². The minimum atomic E-state index is -0.274. The van der Waals surface area contributed by atoms with Gasteiger partial charge in [-0.3, -0.25) is 0 Å². The summed E-state index contributed by atoms with van der Waals surface area (Å²) in [5, 5.41) is 19.2. The third kappa shape index (κ3) is 3.70. The molecule has 0 fully saturated rings. The number of pyridine rings is 1. The van der Waals surface area contributed by atoms with Crippen molar-refractivity contribution in [1.82, 2.24) is 4.98 Å². The van der Waals surface area contributed by atoms with Crippen molar-refractivity contribution in [2.24, 2.45) is 5.92 Å². The number of rotatable bonds is 4. The van der Waals surface area contributed by atoms with Crippen molar-refractivity contribution in [1.29, 1.82) is 10.5 Å². The van der Waals surface area contributed by atoms with Gasteiger partial charge >= 0.3 is 0 Å². The number of allylic oxidation sites excluding steroid dienone is 7. The summed E-state index contributed by atoms with van der Waals surface area (Å²) in [6.07, 6.45) is 21.5. The number of nitriles is 2. The number of benzene rings is 1. The van der Waals surface area contributed by atoms with Crippen LogP contribution in [0.2, 0.25) is 0 Å². The highest BCUT2D eigenvalue weighted by Gasteiger charge is 2.47. The maximum Gasteiger partial charge on any atom is 0.136 e. The molecular weight excluding hydrogens is 478 g/mol. The lowest BCUT2D eigenvalue weighted by molar-refractivity contribution is 0.548. The Balaban J connectivity index is 1.49. The normalized spacial score (nSPS) is 26.6. The van der Waals surface area contributed by atoms with E-state index in [9.17, 15) is 10.5 Å². The summed E-state index contributed by atoms with van der Waals surface area (Å²) in [6.45, 7) is 8.38. The summed E-state index contributed by atoms with van der Waals surface area (Å²) in [7, 11) is 0. The van der Waals surface area contributed by atoms with Gasteiger partial charge in [0.05, 0.1) is 23.7 Å². The van der Waals surface area contributed by atoms with Gasteiger partial charge < -0.3 is 9.80 Å². The SMILES string of the molecule is C=CC1=C(/C=C\C)N(c2cccc(N3c4ccc(C#N)cc4C4(C)C=CC=CC34)n2)C2CC=CC(C#N)=C[C@H]12. The Kier molecular flexibility index (Phi) is 5.93. The van der Waals surface area contributed by atoms with Gasteiger partial charge in [0.25, 0.3) is 0 Å². The predicted molar refractivity (Wildman–Crippen MR) is 156 cm³/mol. The topological polar surface area (TPSA) is 66.9 Å². The molecule has 0 N–H and O–H groups in total. The van der Waals surface area contributed by atoms with Crippen LogP contribution in [0.25, 0.3) is 0 Å². The molecule has 4 atom stereocenters. The summed E-state index contributed by atoms with van der Waals surface area (Å²) in [5.74, 6) is 1.75. The molecule has 1 aromatic carbocycles.